The Bertz CT molecular complexity index is 236. The second kappa shape index (κ2) is 1.47. The fourth-order valence-corrected chi connectivity index (χ4v) is 3.33. The second-order valence-electron chi connectivity index (χ2n) is 4.53. The summed E-state index contributed by atoms with van der Waals surface area (Å²) < 4.78 is 5.30. The first-order chi connectivity index (χ1) is 5.20. The Kier molecular flexibility index (Phi) is 0.809. The van der Waals surface area contributed by atoms with Crippen molar-refractivity contribution in [2.75, 3.05) is 0 Å². The van der Waals surface area contributed by atoms with Crippen LogP contribution in [0.2, 0.25) is 0 Å². The van der Waals surface area contributed by atoms with Crippen molar-refractivity contribution in [3.8, 4) is 0 Å². The number of carbonyl (C=O) groups excluding carboxylic acids is 1. The van der Waals surface area contributed by atoms with E-state index in [0.717, 1.165) is 18.8 Å². The molecule has 2 aliphatic carbocycles. The van der Waals surface area contributed by atoms with E-state index in [1.165, 1.54) is 6.42 Å². The highest BCUT2D eigenvalue weighted by Crippen LogP contribution is 2.62. The minimum atomic E-state index is 0.0810. The van der Waals surface area contributed by atoms with Crippen molar-refractivity contribution >= 4 is 5.97 Å². The van der Waals surface area contributed by atoms with Gasteiger partial charge in [0.25, 0.3) is 0 Å². The average molecular weight is 152 g/mol. The molecule has 0 aromatic carbocycles. The van der Waals surface area contributed by atoms with E-state index in [-0.39, 0.29) is 23.4 Å². The molecule has 1 heterocycles. The topological polar surface area (TPSA) is 26.3 Å². The maximum atomic E-state index is 11.3. The van der Waals surface area contributed by atoms with Gasteiger partial charge in [0.2, 0.25) is 0 Å². The van der Waals surface area contributed by atoms with E-state index < -0.39 is 0 Å². The van der Waals surface area contributed by atoms with Gasteiger partial charge in [0.1, 0.15) is 6.10 Å². The molecule has 0 radical (unpaired) electrons. The molecule has 11 heavy (non-hydrogen) atoms. The van der Waals surface area contributed by atoms with Crippen molar-refractivity contribution in [1.82, 2.24) is 0 Å². The monoisotopic (exact) mass is 152 g/mol. The molecule has 4 unspecified atom stereocenters. The first kappa shape index (κ1) is 6.04. The number of hydrogen-bond donors (Lipinski definition) is 0. The second-order valence-corrected chi connectivity index (χ2v) is 4.53. The van der Waals surface area contributed by atoms with Gasteiger partial charge in [-0.25, -0.2) is 0 Å². The zero-order valence-corrected chi connectivity index (χ0v) is 6.67. The van der Waals surface area contributed by atoms with Crippen LogP contribution in [0.4, 0.5) is 0 Å². The van der Waals surface area contributed by atoms with Crippen LogP contribution < -0.4 is 0 Å². The lowest BCUT2D eigenvalue weighted by Crippen LogP contribution is -2.27. The third kappa shape index (κ3) is 0.501. The highest BCUT2D eigenvalue weighted by molar-refractivity contribution is 5.77. The molecule has 3 aliphatic rings. The van der Waals surface area contributed by atoms with Crippen molar-refractivity contribution in [1.29, 1.82) is 0 Å². The molecule has 3 rings (SSSR count). The van der Waals surface area contributed by atoms with Crippen LogP contribution in [0.15, 0.2) is 0 Å². The molecule has 2 saturated carbocycles. The Balaban J connectivity index is 2.12. The number of rotatable bonds is 0. The fraction of sp³-hybridized carbons (Fsp3) is 0.889. The molecular formula is C9H12O2. The molecule has 0 amide bonds. The number of ether oxygens (including phenoxy) is 1. The van der Waals surface area contributed by atoms with Gasteiger partial charge in [-0.2, -0.15) is 0 Å². The summed E-state index contributed by atoms with van der Waals surface area (Å²) in [5.74, 6) is 1.13. The predicted molar refractivity (Wildman–Crippen MR) is 38.8 cm³/mol. The summed E-state index contributed by atoms with van der Waals surface area (Å²) in [6.07, 6.45) is 3.75. The van der Waals surface area contributed by atoms with E-state index in [4.69, 9.17) is 4.74 Å². The van der Waals surface area contributed by atoms with Crippen LogP contribution in [0, 0.1) is 17.3 Å². The molecule has 1 aliphatic heterocycles. The summed E-state index contributed by atoms with van der Waals surface area (Å²) >= 11 is 0. The van der Waals surface area contributed by atoms with Crippen molar-refractivity contribution in [3.05, 3.63) is 0 Å². The summed E-state index contributed by atoms with van der Waals surface area (Å²) in [4.78, 5) is 11.3. The molecule has 0 aromatic heterocycles. The van der Waals surface area contributed by atoms with Crippen LogP contribution in [0.1, 0.15) is 26.2 Å². The number of hydrogen-bond acceptors (Lipinski definition) is 2. The molecule has 4 atom stereocenters. The molecule has 2 heteroatoms. The van der Waals surface area contributed by atoms with Gasteiger partial charge in [0.05, 0.1) is 5.92 Å². The minimum absolute atomic E-state index is 0.0810. The van der Waals surface area contributed by atoms with Crippen molar-refractivity contribution < 1.29 is 9.53 Å². The quantitative estimate of drug-likeness (QED) is 0.490. The molecule has 3 fully saturated rings. The molecule has 2 bridgehead atoms. The molecule has 0 spiro atoms. The summed E-state index contributed by atoms with van der Waals surface area (Å²) in [7, 11) is 0. The Hall–Kier alpha value is -0.530. The molecule has 0 aromatic rings. The average Bonchev–Trinajstić information content (AvgIpc) is 2.39. The molecule has 2 nitrogen and oxygen atoms in total. The molecule has 0 N–H and O–H groups in total. The Morgan fingerprint density at radius 3 is 2.91 bits per heavy atom. The third-order valence-electron chi connectivity index (χ3n) is 3.92. The first-order valence-electron chi connectivity index (χ1n) is 4.40. The van der Waals surface area contributed by atoms with E-state index in [1.807, 2.05) is 0 Å². The van der Waals surface area contributed by atoms with E-state index in [9.17, 15) is 4.79 Å². The fourth-order valence-electron chi connectivity index (χ4n) is 3.33. The van der Waals surface area contributed by atoms with Crippen molar-refractivity contribution in [3.63, 3.8) is 0 Å². The van der Waals surface area contributed by atoms with Gasteiger partial charge in [-0.3, -0.25) is 4.79 Å². The Morgan fingerprint density at radius 2 is 2.36 bits per heavy atom. The summed E-state index contributed by atoms with van der Waals surface area (Å²) in [5, 5.41) is 0. The number of carbonyl (C=O) groups is 1. The normalized spacial score (nSPS) is 58.6. The standard InChI is InChI=1S/C9H12O2/c1-9-4-5-2-6(9)8(10)11-7(9)3-5/h5-7H,2-4H2,1H3. The lowest BCUT2D eigenvalue weighted by molar-refractivity contribution is -0.143. The van der Waals surface area contributed by atoms with E-state index in [2.05, 4.69) is 6.92 Å². The maximum absolute atomic E-state index is 11.3. The third-order valence-corrected chi connectivity index (χ3v) is 3.92. The zero-order valence-electron chi connectivity index (χ0n) is 6.67. The molecule has 60 valence electrons. The lowest BCUT2D eigenvalue weighted by atomic mass is 9.77. The van der Waals surface area contributed by atoms with Crippen LogP contribution >= 0.6 is 0 Å². The van der Waals surface area contributed by atoms with Crippen molar-refractivity contribution in [2.24, 2.45) is 17.3 Å². The number of esters is 1. The Labute approximate surface area is 65.9 Å². The van der Waals surface area contributed by atoms with Crippen LogP contribution in [0.25, 0.3) is 0 Å². The summed E-state index contributed by atoms with van der Waals surface area (Å²) in [5.41, 5.74) is 0.238. The highest BCUT2D eigenvalue weighted by Gasteiger charge is 2.64. The van der Waals surface area contributed by atoms with E-state index >= 15 is 0 Å². The van der Waals surface area contributed by atoms with Gasteiger partial charge >= 0.3 is 5.97 Å². The van der Waals surface area contributed by atoms with Crippen LogP contribution in [-0.2, 0) is 9.53 Å². The smallest absolute Gasteiger partial charge is 0.309 e. The maximum Gasteiger partial charge on any atom is 0.309 e. The van der Waals surface area contributed by atoms with E-state index in [0.29, 0.717) is 0 Å². The van der Waals surface area contributed by atoms with Gasteiger partial charge in [0, 0.05) is 5.41 Å². The predicted octanol–water partition coefficient (Wildman–Crippen LogP) is 1.35. The molecular weight excluding hydrogens is 140 g/mol. The van der Waals surface area contributed by atoms with Crippen LogP contribution in [-0.4, -0.2) is 12.1 Å². The van der Waals surface area contributed by atoms with Crippen LogP contribution in [0.3, 0.4) is 0 Å². The summed E-state index contributed by atoms with van der Waals surface area (Å²) in [6.45, 7) is 2.22. The lowest BCUT2D eigenvalue weighted by Gasteiger charge is -2.23. The molecule has 1 saturated heterocycles. The minimum Gasteiger partial charge on any atom is -0.462 e. The van der Waals surface area contributed by atoms with Gasteiger partial charge < -0.3 is 4.74 Å². The van der Waals surface area contributed by atoms with Crippen molar-refractivity contribution in [2.45, 2.75) is 32.3 Å². The van der Waals surface area contributed by atoms with Gasteiger partial charge in [-0.05, 0) is 25.2 Å². The van der Waals surface area contributed by atoms with Gasteiger partial charge in [0.15, 0.2) is 0 Å². The highest BCUT2D eigenvalue weighted by atomic mass is 16.6. The zero-order chi connectivity index (χ0) is 7.64. The van der Waals surface area contributed by atoms with Crippen LogP contribution in [0.5, 0.6) is 0 Å². The largest absolute Gasteiger partial charge is 0.462 e. The van der Waals surface area contributed by atoms with Gasteiger partial charge in [-0.15, -0.1) is 0 Å². The summed E-state index contributed by atoms with van der Waals surface area (Å²) in [6, 6.07) is 0. The Morgan fingerprint density at radius 1 is 1.55 bits per heavy atom. The SMILES string of the molecule is CC12CC3CC1OC(=O)C2C3. The van der Waals surface area contributed by atoms with E-state index in [1.54, 1.807) is 0 Å². The number of fused-ring (bicyclic) bond motifs is 1. The first-order valence-corrected chi connectivity index (χ1v) is 4.40. The van der Waals surface area contributed by atoms with Gasteiger partial charge in [-0.1, -0.05) is 6.92 Å².